The van der Waals surface area contributed by atoms with Gasteiger partial charge in [0.05, 0.1) is 17.8 Å². The lowest BCUT2D eigenvalue weighted by atomic mass is 10.1. The van der Waals surface area contributed by atoms with Crippen LogP contribution in [0.1, 0.15) is 48.8 Å². The van der Waals surface area contributed by atoms with Crippen LogP contribution in [0.3, 0.4) is 0 Å². The minimum atomic E-state index is -4.35. The second-order valence-corrected chi connectivity index (χ2v) is 6.45. The van der Waals surface area contributed by atoms with E-state index in [0.717, 1.165) is 41.9 Å². The van der Waals surface area contributed by atoms with Crippen molar-refractivity contribution in [3.8, 4) is 0 Å². The third-order valence-corrected chi connectivity index (χ3v) is 4.48. The lowest BCUT2D eigenvalue weighted by Gasteiger charge is -2.13. The Balaban J connectivity index is 2.14. The quantitative estimate of drug-likeness (QED) is 0.554. The van der Waals surface area contributed by atoms with Crippen molar-refractivity contribution in [2.45, 2.75) is 52.9 Å². The average Bonchev–Trinajstić information content (AvgIpc) is 2.98. The van der Waals surface area contributed by atoms with Crippen molar-refractivity contribution in [2.24, 2.45) is 12.0 Å². The normalized spacial score (nSPS) is 12.3. The number of hydrogen-bond acceptors (Lipinski definition) is 2. The van der Waals surface area contributed by atoms with Gasteiger partial charge in [-0.1, -0.05) is 26.0 Å². The molecule has 1 aromatic heterocycles. The van der Waals surface area contributed by atoms with Crippen LogP contribution in [0.5, 0.6) is 0 Å². The van der Waals surface area contributed by atoms with Gasteiger partial charge in [0, 0.05) is 31.4 Å². The van der Waals surface area contributed by atoms with Crippen LogP contribution in [-0.4, -0.2) is 22.3 Å². The smallest absolute Gasteiger partial charge is 0.357 e. The van der Waals surface area contributed by atoms with Crippen LogP contribution in [0.15, 0.2) is 29.3 Å². The first-order valence-electron chi connectivity index (χ1n) is 9.52. The van der Waals surface area contributed by atoms with Gasteiger partial charge in [-0.05, 0) is 37.5 Å². The maximum absolute atomic E-state index is 12.9. The molecule has 154 valence electrons. The van der Waals surface area contributed by atoms with E-state index in [1.54, 1.807) is 6.07 Å². The van der Waals surface area contributed by atoms with Crippen molar-refractivity contribution < 1.29 is 13.2 Å². The van der Waals surface area contributed by atoms with Gasteiger partial charge < -0.3 is 10.6 Å². The van der Waals surface area contributed by atoms with Crippen LogP contribution in [0.2, 0.25) is 0 Å². The van der Waals surface area contributed by atoms with Gasteiger partial charge in [0.25, 0.3) is 0 Å². The van der Waals surface area contributed by atoms with Crippen LogP contribution in [0, 0.1) is 0 Å². The molecular weight excluding hydrogens is 367 g/mol. The number of rotatable bonds is 7. The van der Waals surface area contributed by atoms with Crippen molar-refractivity contribution >= 4 is 5.96 Å². The largest absolute Gasteiger partial charge is 0.416 e. The molecule has 0 saturated carbocycles. The predicted molar refractivity (Wildman–Crippen MR) is 105 cm³/mol. The maximum atomic E-state index is 12.9. The van der Waals surface area contributed by atoms with Crippen molar-refractivity contribution in [2.75, 3.05) is 6.54 Å². The van der Waals surface area contributed by atoms with Gasteiger partial charge in [-0.15, -0.1) is 0 Å². The van der Waals surface area contributed by atoms with Gasteiger partial charge in [0.2, 0.25) is 0 Å². The Morgan fingerprint density at radius 1 is 1.14 bits per heavy atom. The van der Waals surface area contributed by atoms with Crippen LogP contribution >= 0.6 is 0 Å². The number of alkyl halides is 3. The molecule has 0 aliphatic rings. The molecule has 0 bridgehead atoms. The number of benzene rings is 1. The van der Waals surface area contributed by atoms with Crippen molar-refractivity contribution in [1.29, 1.82) is 0 Å². The summed E-state index contributed by atoms with van der Waals surface area (Å²) in [7, 11) is 1.94. The number of halogens is 3. The summed E-state index contributed by atoms with van der Waals surface area (Å²) in [5, 5.41) is 11.0. The zero-order valence-corrected chi connectivity index (χ0v) is 16.8. The fraction of sp³-hybridized carbons (Fsp3) is 0.500. The molecule has 1 heterocycles. The van der Waals surface area contributed by atoms with Gasteiger partial charge in [0.1, 0.15) is 0 Å². The average molecular weight is 395 g/mol. The zero-order chi connectivity index (χ0) is 20.7. The van der Waals surface area contributed by atoms with Crippen molar-refractivity contribution in [1.82, 2.24) is 20.4 Å². The van der Waals surface area contributed by atoms with Gasteiger partial charge in [0.15, 0.2) is 5.96 Å². The lowest BCUT2D eigenvalue weighted by Crippen LogP contribution is -2.37. The topological polar surface area (TPSA) is 54.2 Å². The van der Waals surface area contributed by atoms with E-state index in [9.17, 15) is 13.2 Å². The molecule has 1 aromatic carbocycles. The monoisotopic (exact) mass is 395 g/mol. The molecule has 2 aromatic rings. The van der Waals surface area contributed by atoms with Crippen LogP contribution in [0.4, 0.5) is 13.2 Å². The number of nitrogens with zero attached hydrogens (tertiary/aromatic N) is 3. The Hall–Kier alpha value is -2.51. The molecule has 0 amide bonds. The first-order valence-corrected chi connectivity index (χ1v) is 9.52. The highest BCUT2D eigenvalue weighted by Gasteiger charge is 2.30. The van der Waals surface area contributed by atoms with E-state index in [-0.39, 0.29) is 6.54 Å². The van der Waals surface area contributed by atoms with Gasteiger partial charge in [-0.3, -0.25) is 4.68 Å². The highest BCUT2D eigenvalue weighted by atomic mass is 19.4. The summed E-state index contributed by atoms with van der Waals surface area (Å²) < 4.78 is 40.5. The number of hydrogen-bond donors (Lipinski definition) is 2. The summed E-state index contributed by atoms with van der Waals surface area (Å²) in [6, 6.07) is 5.26. The second-order valence-electron chi connectivity index (χ2n) is 6.45. The molecule has 28 heavy (non-hydrogen) atoms. The summed E-state index contributed by atoms with van der Waals surface area (Å²) in [6.45, 7) is 7.48. The molecule has 0 aliphatic carbocycles. The molecule has 0 unspecified atom stereocenters. The third-order valence-electron chi connectivity index (χ3n) is 4.48. The highest BCUT2D eigenvalue weighted by Crippen LogP contribution is 2.29. The predicted octanol–water partition coefficient (Wildman–Crippen LogP) is 3.82. The Kier molecular flexibility index (Phi) is 7.48. The number of guanidine groups is 1. The summed E-state index contributed by atoms with van der Waals surface area (Å²) in [6.07, 6.45) is -2.64. The van der Waals surface area contributed by atoms with E-state index >= 15 is 0 Å². The van der Waals surface area contributed by atoms with Gasteiger partial charge >= 0.3 is 6.18 Å². The fourth-order valence-electron chi connectivity index (χ4n) is 3.12. The Morgan fingerprint density at radius 3 is 2.50 bits per heavy atom. The molecule has 0 radical (unpaired) electrons. The summed E-state index contributed by atoms with van der Waals surface area (Å²) in [5.74, 6) is 0.563. The van der Waals surface area contributed by atoms with Crippen molar-refractivity contribution in [3.05, 3.63) is 52.3 Å². The second kappa shape index (κ2) is 9.61. The molecule has 0 aliphatic heterocycles. The van der Waals surface area contributed by atoms with E-state index in [1.165, 1.54) is 6.07 Å². The molecule has 0 atom stereocenters. The number of aliphatic imine (C=N–C) groups is 1. The minimum absolute atomic E-state index is 0.160. The molecule has 5 nitrogen and oxygen atoms in total. The summed E-state index contributed by atoms with van der Waals surface area (Å²) >= 11 is 0. The van der Waals surface area contributed by atoms with Crippen LogP contribution in [0.25, 0.3) is 0 Å². The van der Waals surface area contributed by atoms with E-state index < -0.39 is 11.7 Å². The Bertz CT molecular complexity index is 809. The van der Waals surface area contributed by atoms with Crippen LogP contribution < -0.4 is 10.6 Å². The maximum Gasteiger partial charge on any atom is 0.416 e. The van der Waals surface area contributed by atoms with Gasteiger partial charge in [-0.2, -0.15) is 18.3 Å². The van der Waals surface area contributed by atoms with E-state index in [2.05, 4.69) is 34.6 Å². The van der Waals surface area contributed by atoms with Crippen LogP contribution in [-0.2, 0) is 39.2 Å². The van der Waals surface area contributed by atoms with Crippen molar-refractivity contribution in [3.63, 3.8) is 0 Å². The first kappa shape index (κ1) is 21.8. The third kappa shape index (κ3) is 5.50. The number of aryl methyl sites for hydroxylation is 2. The van der Waals surface area contributed by atoms with Gasteiger partial charge in [-0.25, -0.2) is 4.99 Å². The first-order chi connectivity index (χ1) is 13.3. The summed E-state index contributed by atoms with van der Waals surface area (Å²) in [4.78, 5) is 4.44. The molecule has 2 N–H and O–H groups in total. The molecule has 0 spiro atoms. The lowest BCUT2D eigenvalue weighted by molar-refractivity contribution is -0.137. The van der Waals surface area contributed by atoms with E-state index in [0.29, 0.717) is 24.6 Å². The number of nitrogens with one attached hydrogen (secondary N) is 2. The number of aromatic nitrogens is 2. The SMILES string of the molecule is CCNC(=NCc1cccc(C(F)(F)F)c1)NCc1c(CC)nn(C)c1CC. The molecule has 0 fully saturated rings. The van der Waals surface area contributed by atoms with E-state index in [1.807, 2.05) is 18.7 Å². The Morgan fingerprint density at radius 2 is 1.89 bits per heavy atom. The molecular formula is C20H28F3N5. The fourth-order valence-corrected chi connectivity index (χ4v) is 3.12. The molecule has 0 saturated heterocycles. The molecule has 8 heteroatoms. The van der Waals surface area contributed by atoms with E-state index in [4.69, 9.17) is 0 Å². The highest BCUT2D eigenvalue weighted by molar-refractivity contribution is 5.79. The standard InChI is InChI=1S/C20H28F3N5/c1-5-17-16(18(6-2)28(4)27-17)13-26-19(24-7-3)25-12-14-9-8-10-15(11-14)20(21,22)23/h8-11H,5-7,12-13H2,1-4H3,(H2,24,25,26). The summed E-state index contributed by atoms with van der Waals surface area (Å²) in [5.41, 5.74) is 3.21. The zero-order valence-electron chi connectivity index (χ0n) is 16.8. The molecule has 2 rings (SSSR count). The Labute approximate surface area is 164 Å². The minimum Gasteiger partial charge on any atom is -0.357 e.